The number of benzene rings is 3. The van der Waals surface area contributed by atoms with Crippen molar-refractivity contribution in [3.8, 4) is 11.5 Å². The topological polar surface area (TPSA) is 79.1 Å². The van der Waals surface area contributed by atoms with Gasteiger partial charge in [-0.1, -0.05) is 66.5 Å². The van der Waals surface area contributed by atoms with E-state index in [1.807, 2.05) is 73.7 Å². The molecule has 1 atom stereocenters. The number of fused-ring (bicyclic) bond motifs is 2. The molecule has 2 heterocycles. The summed E-state index contributed by atoms with van der Waals surface area (Å²) in [7, 11) is 0. The molecule has 7 nitrogen and oxygen atoms in total. The second-order valence-corrected chi connectivity index (χ2v) is 10.1. The molecule has 40 heavy (non-hydrogen) atoms. The summed E-state index contributed by atoms with van der Waals surface area (Å²) in [6.45, 7) is 10.3. The van der Waals surface area contributed by atoms with Gasteiger partial charge in [0.15, 0.2) is 4.80 Å². The lowest BCUT2D eigenvalue weighted by Gasteiger charge is -2.24. The zero-order valence-electron chi connectivity index (χ0n) is 22.7. The Morgan fingerprint density at radius 3 is 2.55 bits per heavy atom. The Labute approximate surface area is 236 Å². The van der Waals surface area contributed by atoms with E-state index in [9.17, 15) is 9.59 Å². The van der Waals surface area contributed by atoms with E-state index in [0.29, 0.717) is 45.3 Å². The molecule has 0 N–H and O–H groups in total. The molecule has 0 aliphatic carbocycles. The van der Waals surface area contributed by atoms with Crippen molar-refractivity contribution < 1.29 is 19.0 Å². The summed E-state index contributed by atoms with van der Waals surface area (Å²) in [5, 5.41) is 1.99. The molecule has 0 fully saturated rings. The SMILES string of the molecule is C=CCOc1ccc2ccccc2c1/C=c1\sc2n(c1=O)[C@@H](c1ccc(OCC)cc1)C(C(=O)OCC)=C(C)N=2. The molecular formula is C32H30N2O5S. The van der Waals surface area contributed by atoms with E-state index in [1.165, 1.54) is 11.3 Å². The number of carbonyl (C=O) groups is 1. The molecule has 0 saturated carbocycles. The van der Waals surface area contributed by atoms with Crippen LogP contribution in [0.2, 0.25) is 0 Å². The van der Waals surface area contributed by atoms with Gasteiger partial charge in [0.25, 0.3) is 5.56 Å². The minimum atomic E-state index is -0.697. The van der Waals surface area contributed by atoms with Crippen LogP contribution in [0.25, 0.3) is 16.8 Å². The molecule has 1 aromatic heterocycles. The van der Waals surface area contributed by atoms with Gasteiger partial charge in [-0.05, 0) is 61.4 Å². The average molecular weight is 555 g/mol. The Balaban J connectivity index is 1.74. The molecule has 5 rings (SSSR count). The number of rotatable bonds is 9. The molecule has 0 spiro atoms. The zero-order valence-corrected chi connectivity index (χ0v) is 23.5. The van der Waals surface area contributed by atoms with Crippen molar-refractivity contribution in [3.05, 3.63) is 115 Å². The minimum Gasteiger partial charge on any atom is -0.494 e. The van der Waals surface area contributed by atoms with Gasteiger partial charge < -0.3 is 14.2 Å². The summed E-state index contributed by atoms with van der Waals surface area (Å²) in [5.41, 5.74) is 2.16. The van der Waals surface area contributed by atoms with Gasteiger partial charge in [-0.2, -0.15) is 0 Å². The fraction of sp³-hybridized carbons (Fsp3) is 0.219. The molecule has 0 bridgehead atoms. The van der Waals surface area contributed by atoms with Crippen molar-refractivity contribution in [2.75, 3.05) is 19.8 Å². The number of hydrogen-bond acceptors (Lipinski definition) is 7. The van der Waals surface area contributed by atoms with Crippen LogP contribution >= 0.6 is 11.3 Å². The maximum absolute atomic E-state index is 14.1. The second-order valence-electron chi connectivity index (χ2n) is 9.10. The first-order chi connectivity index (χ1) is 19.5. The quantitative estimate of drug-likeness (QED) is 0.217. The number of allylic oxidation sites excluding steroid dienone is 1. The molecule has 1 aliphatic heterocycles. The van der Waals surface area contributed by atoms with Gasteiger partial charge in [-0.3, -0.25) is 9.36 Å². The highest BCUT2D eigenvalue weighted by Crippen LogP contribution is 2.32. The van der Waals surface area contributed by atoms with Gasteiger partial charge in [0.1, 0.15) is 18.1 Å². The van der Waals surface area contributed by atoms with Crippen LogP contribution in [-0.4, -0.2) is 30.4 Å². The highest BCUT2D eigenvalue weighted by Gasteiger charge is 2.33. The number of carbonyl (C=O) groups excluding carboxylic acids is 1. The van der Waals surface area contributed by atoms with Crippen LogP contribution in [0.1, 0.15) is 37.9 Å². The van der Waals surface area contributed by atoms with E-state index < -0.39 is 12.0 Å². The Bertz CT molecular complexity index is 1800. The van der Waals surface area contributed by atoms with E-state index in [4.69, 9.17) is 14.2 Å². The fourth-order valence-electron chi connectivity index (χ4n) is 4.85. The van der Waals surface area contributed by atoms with Crippen LogP contribution in [0.3, 0.4) is 0 Å². The van der Waals surface area contributed by atoms with Crippen LogP contribution < -0.4 is 24.4 Å². The molecule has 8 heteroatoms. The molecule has 0 radical (unpaired) electrons. The maximum atomic E-state index is 14.1. The van der Waals surface area contributed by atoms with Crippen LogP contribution in [0.5, 0.6) is 11.5 Å². The van der Waals surface area contributed by atoms with Crippen LogP contribution in [0.15, 0.2) is 94.4 Å². The summed E-state index contributed by atoms with van der Waals surface area (Å²) >= 11 is 1.28. The molecule has 1 aliphatic rings. The van der Waals surface area contributed by atoms with E-state index in [2.05, 4.69) is 11.6 Å². The van der Waals surface area contributed by atoms with Gasteiger partial charge >= 0.3 is 5.97 Å². The molecule has 3 aromatic carbocycles. The van der Waals surface area contributed by atoms with Crippen LogP contribution in [0.4, 0.5) is 0 Å². The van der Waals surface area contributed by atoms with Crippen molar-refractivity contribution in [2.45, 2.75) is 26.8 Å². The molecule has 0 unspecified atom stereocenters. The lowest BCUT2D eigenvalue weighted by molar-refractivity contribution is -0.139. The van der Waals surface area contributed by atoms with E-state index in [0.717, 1.165) is 21.9 Å². The lowest BCUT2D eigenvalue weighted by atomic mass is 9.96. The number of nitrogens with zero attached hydrogens (tertiary/aromatic N) is 2. The number of ether oxygens (including phenoxy) is 3. The molecular weight excluding hydrogens is 524 g/mol. The lowest BCUT2D eigenvalue weighted by Crippen LogP contribution is -2.39. The van der Waals surface area contributed by atoms with Crippen molar-refractivity contribution in [2.24, 2.45) is 4.99 Å². The van der Waals surface area contributed by atoms with E-state index >= 15 is 0 Å². The summed E-state index contributed by atoms with van der Waals surface area (Å²) < 4.78 is 19.0. The summed E-state index contributed by atoms with van der Waals surface area (Å²) in [4.78, 5) is 32.4. The van der Waals surface area contributed by atoms with Gasteiger partial charge in [0.05, 0.1) is 35.1 Å². The zero-order chi connectivity index (χ0) is 28.2. The van der Waals surface area contributed by atoms with Gasteiger partial charge in [0, 0.05) is 5.56 Å². The highest BCUT2D eigenvalue weighted by molar-refractivity contribution is 7.07. The van der Waals surface area contributed by atoms with Crippen molar-refractivity contribution in [1.82, 2.24) is 4.57 Å². The monoisotopic (exact) mass is 554 g/mol. The largest absolute Gasteiger partial charge is 0.494 e. The Morgan fingerprint density at radius 1 is 1.05 bits per heavy atom. The number of hydrogen-bond donors (Lipinski definition) is 0. The number of esters is 1. The summed E-state index contributed by atoms with van der Waals surface area (Å²) in [5.74, 6) is 0.863. The summed E-state index contributed by atoms with van der Waals surface area (Å²) in [6, 6.07) is 18.6. The van der Waals surface area contributed by atoms with Gasteiger partial charge in [0.2, 0.25) is 0 Å². The van der Waals surface area contributed by atoms with Gasteiger partial charge in [-0.15, -0.1) is 0 Å². The van der Waals surface area contributed by atoms with E-state index in [1.54, 1.807) is 24.5 Å². The highest BCUT2D eigenvalue weighted by atomic mass is 32.1. The predicted octanol–water partition coefficient (Wildman–Crippen LogP) is 4.92. The average Bonchev–Trinajstić information content (AvgIpc) is 3.26. The first-order valence-corrected chi connectivity index (χ1v) is 14.0. The third-order valence-corrected chi connectivity index (χ3v) is 7.57. The Kier molecular flexibility index (Phi) is 7.98. The van der Waals surface area contributed by atoms with Crippen molar-refractivity contribution in [1.29, 1.82) is 0 Å². The first-order valence-electron chi connectivity index (χ1n) is 13.1. The Morgan fingerprint density at radius 2 is 1.82 bits per heavy atom. The number of aromatic nitrogens is 1. The van der Waals surface area contributed by atoms with E-state index in [-0.39, 0.29) is 12.2 Å². The smallest absolute Gasteiger partial charge is 0.338 e. The number of thiazole rings is 1. The molecule has 4 aromatic rings. The minimum absolute atomic E-state index is 0.213. The van der Waals surface area contributed by atoms with Crippen LogP contribution in [-0.2, 0) is 9.53 Å². The van der Waals surface area contributed by atoms with Crippen molar-refractivity contribution >= 4 is 34.2 Å². The Hall–Kier alpha value is -4.43. The maximum Gasteiger partial charge on any atom is 0.338 e. The molecule has 204 valence electrons. The van der Waals surface area contributed by atoms with Gasteiger partial charge in [-0.25, -0.2) is 9.79 Å². The third-order valence-electron chi connectivity index (χ3n) is 6.59. The third kappa shape index (κ3) is 5.10. The van der Waals surface area contributed by atoms with Crippen LogP contribution in [0, 0.1) is 0 Å². The second kappa shape index (κ2) is 11.8. The predicted molar refractivity (Wildman–Crippen MR) is 158 cm³/mol. The normalized spacial score (nSPS) is 15.0. The fourth-order valence-corrected chi connectivity index (χ4v) is 5.88. The summed E-state index contributed by atoms with van der Waals surface area (Å²) in [6.07, 6.45) is 3.53. The van der Waals surface area contributed by atoms with Crippen molar-refractivity contribution in [3.63, 3.8) is 0 Å². The molecule has 0 amide bonds. The first kappa shape index (κ1) is 27.1. The standard InChI is InChI=1S/C32H30N2O5S/c1-5-18-39-26-17-14-21-10-8-9-11-24(21)25(26)19-27-30(35)34-29(22-12-15-23(16-13-22)37-6-2)28(31(36)38-7-3)20(4)33-32(34)40-27/h5,8-17,19,29H,1,6-7,18H2,2-4H3/b27-19-/t29-/m0/s1. The molecule has 0 saturated heterocycles.